The molecule has 0 aliphatic heterocycles. The maximum Gasteiger partial charge on any atom is 0.256 e. The van der Waals surface area contributed by atoms with Crippen LogP contribution in [0.2, 0.25) is 0 Å². The molecular weight excluding hydrogens is 316 g/mol. The molecule has 0 radical (unpaired) electrons. The van der Waals surface area contributed by atoms with E-state index in [-0.39, 0.29) is 11.2 Å². The lowest BCUT2D eigenvalue weighted by atomic mass is 10.2. The quantitative estimate of drug-likeness (QED) is 0.815. The molecule has 0 bridgehead atoms. The molecule has 1 aromatic heterocycles. The Hall–Kier alpha value is -2.15. The largest absolute Gasteiger partial charge is 0.497 e. The van der Waals surface area contributed by atoms with Gasteiger partial charge < -0.3 is 19.2 Å². The van der Waals surface area contributed by atoms with E-state index in [1.807, 2.05) is 13.8 Å². The maximum atomic E-state index is 12.4. The van der Waals surface area contributed by atoms with Crippen LogP contribution in [0.3, 0.4) is 0 Å². The molecule has 0 fully saturated rings. The summed E-state index contributed by atoms with van der Waals surface area (Å²) in [4.78, 5) is 16.7. The first-order chi connectivity index (χ1) is 10.9. The lowest BCUT2D eigenvalue weighted by Gasteiger charge is -2.14. The molecule has 1 atom stereocenters. The highest BCUT2D eigenvalue weighted by Gasteiger charge is 2.19. The minimum Gasteiger partial charge on any atom is -0.497 e. The van der Waals surface area contributed by atoms with Crippen LogP contribution in [0.15, 0.2) is 27.8 Å². The van der Waals surface area contributed by atoms with Gasteiger partial charge in [-0.2, -0.15) is 0 Å². The predicted molar refractivity (Wildman–Crippen MR) is 89.5 cm³/mol. The summed E-state index contributed by atoms with van der Waals surface area (Å²) in [6, 6.07) is 5.23. The molecule has 0 saturated carbocycles. The number of carbonyl (C=O) groups is 1. The molecule has 2 aromatic rings. The van der Waals surface area contributed by atoms with Gasteiger partial charge in [0.1, 0.15) is 17.3 Å². The predicted octanol–water partition coefficient (Wildman–Crippen LogP) is 3.43. The number of hydrogen-bond acceptors (Lipinski definition) is 6. The second-order valence-corrected chi connectivity index (χ2v) is 6.23. The number of aromatic nitrogens is 1. The monoisotopic (exact) mass is 336 g/mol. The zero-order valence-electron chi connectivity index (χ0n) is 13.8. The molecule has 0 aliphatic rings. The summed E-state index contributed by atoms with van der Waals surface area (Å²) in [7, 11) is 3.12. The Labute approximate surface area is 139 Å². The summed E-state index contributed by atoms with van der Waals surface area (Å²) in [5, 5.41) is 2.96. The molecule has 2 rings (SSSR count). The number of oxazole rings is 1. The summed E-state index contributed by atoms with van der Waals surface area (Å²) < 4.78 is 15.9. The first-order valence-electron chi connectivity index (χ1n) is 7.08. The molecule has 124 valence electrons. The summed E-state index contributed by atoms with van der Waals surface area (Å²) in [5.74, 6) is 1.80. The highest BCUT2D eigenvalue weighted by Crippen LogP contribution is 2.30. The van der Waals surface area contributed by atoms with Crippen LogP contribution in [0, 0.1) is 13.8 Å². The molecule has 1 unspecified atom stereocenters. The second kappa shape index (κ2) is 7.41. The second-order valence-electron chi connectivity index (χ2n) is 4.94. The van der Waals surface area contributed by atoms with Crippen molar-refractivity contribution in [3.63, 3.8) is 0 Å². The van der Waals surface area contributed by atoms with Crippen molar-refractivity contribution in [2.45, 2.75) is 31.2 Å². The zero-order valence-corrected chi connectivity index (χ0v) is 14.6. The number of thioether (sulfide) groups is 1. The van der Waals surface area contributed by atoms with Gasteiger partial charge in [0.05, 0.1) is 30.9 Å². The molecule has 6 nitrogen and oxygen atoms in total. The third kappa shape index (κ3) is 4.19. The summed E-state index contributed by atoms with van der Waals surface area (Å²) >= 11 is 1.27. The Morgan fingerprint density at radius 2 is 2.04 bits per heavy atom. The van der Waals surface area contributed by atoms with Crippen molar-refractivity contribution in [3.8, 4) is 11.5 Å². The van der Waals surface area contributed by atoms with Crippen molar-refractivity contribution in [2.75, 3.05) is 19.5 Å². The van der Waals surface area contributed by atoms with Crippen molar-refractivity contribution >= 4 is 23.4 Å². The molecule has 1 amide bonds. The average Bonchev–Trinajstić information content (AvgIpc) is 2.84. The number of rotatable bonds is 6. The number of nitrogens with zero attached hydrogens (tertiary/aromatic N) is 1. The number of nitrogens with one attached hydrogen (secondary N) is 1. The van der Waals surface area contributed by atoms with Crippen molar-refractivity contribution < 1.29 is 18.7 Å². The Balaban J connectivity index is 2.08. The molecule has 7 heteroatoms. The number of ether oxygens (including phenoxy) is 2. The molecule has 1 N–H and O–H groups in total. The van der Waals surface area contributed by atoms with Gasteiger partial charge in [-0.15, -0.1) is 0 Å². The molecule has 1 aromatic carbocycles. The third-order valence-electron chi connectivity index (χ3n) is 3.32. The Morgan fingerprint density at radius 3 is 2.61 bits per heavy atom. The number of benzene rings is 1. The van der Waals surface area contributed by atoms with E-state index in [2.05, 4.69) is 10.3 Å². The normalized spacial score (nSPS) is 11.9. The first kappa shape index (κ1) is 17.2. The molecule has 1 heterocycles. The number of amides is 1. The van der Waals surface area contributed by atoms with Gasteiger partial charge in [0.25, 0.3) is 5.22 Å². The van der Waals surface area contributed by atoms with Gasteiger partial charge in [0, 0.05) is 6.07 Å². The molecular formula is C16H20N2O4S. The van der Waals surface area contributed by atoms with E-state index in [0.29, 0.717) is 22.4 Å². The van der Waals surface area contributed by atoms with E-state index >= 15 is 0 Å². The SMILES string of the molecule is COc1ccc(OC)c(NC(=O)C(C)Sc2nc(C)c(C)o2)c1. The van der Waals surface area contributed by atoms with E-state index in [1.165, 1.54) is 11.8 Å². The van der Waals surface area contributed by atoms with Crippen LogP contribution >= 0.6 is 11.8 Å². The van der Waals surface area contributed by atoms with E-state index in [1.54, 1.807) is 39.3 Å². The van der Waals surface area contributed by atoms with Crippen LogP contribution in [0.5, 0.6) is 11.5 Å². The molecule has 0 aliphatic carbocycles. The summed E-state index contributed by atoms with van der Waals surface area (Å²) in [5.41, 5.74) is 1.39. The average molecular weight is 336 g/mol. The van der Waals surface area contributed by atoms with Crippen molar-refractivity contribution in [3.05, 3.63) is 29.7 Å². The van der Waals surface area contributed by atoms with Crippen LogP contribution in [0.4, 0.5) is 5.69 Å². The lowest BCUT2D eigenvalue weighted by Crippen LogP contribution is -2.22. The van der Waals surface area contributed by atoms with Gasteiger partial charge in [-0.25, -0.2) is 4.98 Å². The minimum atomic E-state index is -0.372. The first-order valence-corrected chi connectivity index (χ1v) is 7.96. The fourth-order valence-electron chi connectivity index (χ4n) is 1.84. The minimum absolute atomic E-state index is 0.171. The Bertz CT molecular complexity index is 680. The highest BCUT2D eigenvalue weighted by molar-refractivity contribution is 8.00. The van der Waals surface area contributed by atoms with Crippen molar-refractivity contribution in [2.24, 2.45) is 0 Å². The highest BCUT2D eigenvalue weighted by atomic mass is 32.2. The van der Waals surface area contributed by atoms with E-state index in [4.69, 9.17) is 13.9 Å². The zero-order chi connectivity index (χ0) is 17.0. The summed E-state index contributed by atoms with van der Waals surface area (Å²) in [6.07, 6.45) is 0. The molecule has 23 heavy (non-hydrogen) atoms. The van der Waals surface area contributed by atoms with Gasteiger partial charge >= 0.3 is 0 Å². The topological polar surface area (TPSA) is 73.6 Å². The lowest BCUT2D eigenvalue weighted by molar-refractivity contribution is -0.115. The van der Waals surface area contributed by atoms with Gasteiger partial charge in [-0.3, -0.25) is 4.79 Å². The van der Waals surface area contributed by atoms with Crippen LogP contribution in [-0.4, -0.2) is 30.4 Å². The molecule has 0 spiro atoms. The fraction of sp³-hybridized carbons (Fsp3) is 0.375. The number of carbonyl (C=O) groups excluding carboxylic acids is 1. The van der Waals surface area contributed by atoms with Gasteiger partial charge in [-0.1, -0.05) is 11.8 Å². The number of hydrogen-bond donors (Lipinski definition) is 1. The van der Waals surface area contributed by atoms with Crippen molar-refractivity contribution in [1.29, 1.82) is 0 Å². The van der Waals surface area contributed by atoms with E-state index < -0.39 is 0 Å². The number of anilines is 1. The fourth-order valence-corrected chi connectivity index (χ4v) is 2.68. The maximum absolute atomic E-state index is 12.4. The van der Waals surface area contributed by atoms with E-state index in [0.717, 1.165) is 11.5 Å². The Morgan fingerprint density at radius 1 is 1.30 bits per heavy atom. The van der Waals surface area contributed by atoms with Crippen molar-refractivity contribution in [1.82, 2.24) is 4.98 Å². The number of methoxy groups -OCH3 is 2. The van der Waals surface area contributed by atoms with E-state index in [9.17, 15) is 4.79 Å². The standard InChI is InChI=1S/C16H20N2O4S/c1-9-10(2)22-16(17-9)23-11(3)15(19)18-13-8-12(20-4)6-7-14(13)21-5/h6-8,11H,1-5H3,(H,18,19). The summed E-state index contributed by atoms with van der Waals surface area (Å²) in [6.45, 7) is 5.51. The smallest absolute Gasteiger partial charge is 0.256 e. The van der Waals surface area contributed by atoms with Crippen LogP contribution in [-0.2, 0) is 4.79 Å². The van der Waals surface area contributed by atoms with Crippen LogP contribution in [0.1, 0.15) is 18.4 Å². The third-order valence-corrected chi connectivity index (χ3v) is 4.26. The van der Waals surface area contributed by atoms with Crippen LogP contribution in [0.25, 0.3) is 0 Å². The van der Waals surface area contributed by atoms with Gasteiger partial charge in [-0.05, 0) is 32.9 Å². The molecule has 0 saturated heterocycles. The Kier molecular flexibility index (Phi) is 5.54. The van der Waals surface area contributed by atoms with Crippen LogP contribution < -0.4 is 14.8 Å². The number of aryl methyl sites for hydroxylation is 2. The van der Waals surface area contributed by atoms with Gasteiger partial charge in [0.2, 0.25) is 5.91 Å². The van der Waals surface area contributed by atoms with Gasteiger partial charge in [0.15, 0.2) is 0 Å².